The number of hydrogen-bond acceptors (Lipinski definition) is 3. The van der Waals surface area contributed by atoms with Crippen LogP contribution in [0.1, 0.15) is 35.7 Å². The van der Waals surface area contributed by atoms with Crippen LogP contribution in [0.15, 0.2) is 48.5 Å². The summed E-state index contributed by atoms with van der Waals surface area (Å²) in [6, 6.07) is 17.7. The second-order valence-corrected chi connectivity index (χ2v) is 6.43. The molecule has 0 radical (unpaired) electrons. The van der Waals surface area contributed by atoms with E-state index in [0.29, 0.717) is 6.04 Å². The van der Waals surface area contributed by atoms with Gasteiger partial charge >= 0.3 is 0 Å². The molecule has 1 aliphatic heterocycles. The van der Waals surface area contributed by atoms with Gasteiger partial charge in [-0.25, -0.2) is 0 Å². The van der Waals surface area contributed by atoms with Crippen LogP contribution in [0.25, 0.3) is 0 Å². The number of rotatable bonds is 4. The molecule has 0 saturated carbocycles. The molecule has 3 rings (SSSR count). The number of hydrogen-bond donors (Lipinski definition) is 1. The van der Waals surface area contributed by atoms with E-state index < -0.39 is 0 Å². The first-order chi connectivity index (χ1) is 10.3. The third-order valence-electron chi connectivity index (χ3n) is 4.03. The highest BCUT2D eigenvalue weighted by atomic mass is 32.2. The summed E-state index contributed by atoms with van der Waals surface area (Å²) < 4.78 is 5.48. The van der Waals surface area contributed by atoms with Crippen LogP contribution in [-0.2, 0) is 5.75 Å². The minimum atomic E-state index is 0.262. The van der Waals surface area contributed by atoms with Gasteiger partial charge in [-0.3, -0.25) is 0 Å². The van der Waals surface area contributed by atoms with Gasteiger partial charge in [-0.1, -0.05) is 42.5 Å². The predicted molar refractivity (Wildman–Crippen MR) is 89.9 cm³/mol. The summed E-state index contributed by atoms with van der Waals surface area (Å²) in [5, 5.41) is 3.77. The summed E-state index contributed by atoms with van der Waals surface area (Å²) in [4.78, 5) is 0. The van der Waals surface area contributed by atoms with Crippen LogP contribution in [0.3, 0.4) is 0 Å². The molecule has 0 fully saturated rings. The molecule has 1 unspecified atom stereocenters. The van der Waals surface area contributed by atoms with Crippen molar-refractivity contribution in [1.29, 1.82) is 0 Å². The maximum absolute atomic E-state index is 5.48. The summed E-state index contributed by atoms with van der Waals surface area (Å²) >= 11 is 2.00. The number of methoxy groups -OCH3 is 1. The Kier molecular flexibility index (Phi) is 4.51. The molecule has 0 aliphatic carbocycles. The van der Waals surface area contributed by atoms with E-state index in [4.69, 9.17) is 4.74 Å². The molecular formula is C18H21NOS. The molecule has 1 aliphatic rings. The topological polar surface area (TPSA) is 21.3 Å². The lowest BCUT2D eigenvalue weighted by Gasteiger charge is -2.29. The Morgan fingerprint density at radius 2 is 1.90 bits per heavy atom. The van der Waals surface area contributed by atoms with Crippen LogP contribution in [0.5, 0.6) is 5.75 Å². The lowest BCUT2D eigenvalue weighted by atomic mass is 9.99. The predicted octanol–water partition coefficient (Wildman–Crippen LogP) is 4.33. The van der Waals surface area contributed by atoms with Crippen molar-refractivity contribution < 1.29 is 4.74 Å². The highest BCUT2D eigenvalue weighted by Crippen LogP contribution is 2.34. The average Bonchev–Trinajstić information content (AvgIpc) is 2.55. The summed E-state index contributed by atoms with van der Waals surface area (Å²) in [5.74, 6) is 3.20. The quantitative estimate of drug-likeness (QED) is 0.907. The Bertz CT molecular complexity index is 614. The normalized spacial score (nSPS) is 18.9. The standard InChI is InChI=1S/C18H21NOS/c1-13(15-8-5-6-10-18(15)20-2)19-17-12-21-11-14-7-3-4-9-16(14)17/h3-10,13,17,19H,11-12H2,1-2H3/t13-,17?/m0/s1. The van der Waals surface area contributed by atoms with E-state index in [1.165, 1.54) is 16.7 Å². The van der Waals surface area contributed by atoms with E-state index in [9.17, 15) is 0 Å². The Balaban J connectivity index is 1.81. The minimum absolute atomic E-state index is 0.262. The third-order valence-corrected chi connectivity index (χ3v) is 5.11. The van der Waals surface area contributed by atoms with Crippen molar-refractivity contribution in [3.05, 3.63) is 65.2 Å². The van der Waals surface area contributed by atoms with Crippen LogP contribution in [-0.4, -0.2) is 12.9 Å². The molecule has 21 heavy (non-hydrogen) atoms. The summed E-state index contributed by atoms with van der Waals surface area (Å²) in [6.07, 6.45) is 0. The van der Waals surface area contributed by atoms with Gasteiger partial charge in [0, 0.05) is 29.2 Å². The molecule has 0 saturated heterocycles. The average molecular weight is 299 g/mol. The van der Waals surface area contributed by atoms with E-state index in [-0.39, 0.29) is 6.04 Å². The smallest absolute Gasteiger partial charge is 0.123 e. The van der Waals surface area contributed by atoms with Gasteiger partial charge in [0.2, 0.25) is 0 Å². The second-order valence-electron chi connectivity index (χ2n) is 5.40. The summed E-state index contributed by atoms with van der Waals surface area (Å²) in [5.41, 5.74) is 4.12. The van der Waals surface area contributed by atoms with Crippen molar-refractivity contribution in [3.63, 3.8) is 0 Å². The Morgan fingerprint density at radius 1 is 1.14 bits per heavy atom. The molecule has 0 amide bonds. The maximum atomic E-state index is 5.48. The Hall–Kier alpha value is -1.45. The Labute approximate surface area is 130 Å². The van der Waals surface area contributed by atoms with Gasteiger partial charge in [-0.05, 0) is 24.1 Å². The molecule has 110 valence electrons. The van der Waals surface area contributed by atoms with Crippen LogP contribution in [0.4, 0.5) is 0 Å². The molecule has 0 bridgehead atoms. The fourth-order valence-corrected chi connectivity index (χ4v) is 4.05. The summed E-state index contributed by atoms with van der Waals surface area (Å²) in [6.45, 7) is 2.21. The van der Waals surface area contributed by atoms with Gasteiger partial charge in [0.05, 0.1) is 7.11 Å². The molecule has 2 aromatic rings. The zero-order valence-electron chi connectivity index (χ0n) is 12.5. The van der Waals surface area contributed by atoms with Crippen molar-refractivity contribution in [3.8, 4) is 5.75 Å². The third kappa shape index (κ3) is 3.09. The zero-order valence-corrected chi connectivity index (χ0v) is 13.3. The van der Waals surface area contributed by atoms with Crippen molar-refractivity contribution in [2.24, 2.45) is 0 Å². The first-order valence-electron chi connectivity index (χ1n) is 7.34. The number of nitrogens with one attached hydrogen (secondary N) is 1. The van der Waals surface area contributed by atoms with Gasteiger partial charge in [0.1, 0.15) is 5.75 Å². The molecule has 0 spiro atoms. The fraction of sp³-hybridized carbons (Fsp3) is 0.333. The van der Waals surface area contributed by atoms with Crippen molar-refractivity contribution in [2.45, 2.75) is 24.8 Å². The van der Waals surface area contributed by atoms with Crippen LogP contribution >= 0.6 is 11.8 Å². The summed E-state index contributed by atoms with van der Waals surface area (Å²) in [7, 11) is 1.73. The Morgan fingerprint density at radius 3 is 2.76 bits per heavy atom. The van der Waals surface area contributed by atoms with Crippen molar-refractivity contribution in [1.82, 2.24) is 5.32 Å². The lowest BCUT2D eigenvalue weighted by Crippen LogP contribution is -2.29. The largest absolute Gasteiger partial charge is 0.496 e. The molecule has 2 atom stereocenters. The van der Waals surface area contributed by atoms with Gasteiger partial charge < -0.3 is 10.1 Å². The first kappa shape index (κ1) is 14.5. The van der Waals surface area contributed by atoms with Crippen LogP contribution in [0, 0.1) is 0 Å². The molecule has 2 aromatic carbocycles. The SMILES string of the molecule is COc1ccccc1[C@H](C)NC1CSCc2ccccc21. The molecule has 0 aromatic heterocycles. The molecular weight excluding hydrogens is 278 g/mol. The van der Waals surface area contributed by atoms with E-state index in [1.54, 1.807) is 7.11 Å². The number of fused-ring (bicyclic) bond motifs is 1. The number of ether oxygens (including phenoxy) is 1. The van der Waals surface area contributed by atoms with Crippen LogP contribution < -0.4 is 10.1 Å². The second kappa shape index (κ2) is 6.54. The van der Waals surface area contributed by atoms with Crippen molar-refractivity contribution >= 4 is 11.8 Å². The highest BCUT2D eigenvalue weighted by Gasteiger charge is 2.22. The number of benzene rings is 2. The van der Waals surface area contributed by atoms with Gasteiger partial charge in [0.15, 0.2) is 0 Å². The molecule has 2 nitrogen and oxygen atoms in total. The number of para-hydroxylation sites is 1. The minimum Gasteiger partial charge on any atom is -0.496 e. The lowest BCUT2D eigenvalue weighted by molar-refractivity contribution is 0.397. The maximum Gasteiger partial charge on any atom is 0.123 e. The van der Waals surface area contributed by atoms with E-state index in [2.05, 4.69) is 48.6 Å². The molecule has 3 heteroatoms. The molecule has 1 N–H and O–H groups in total. The first-order valence-corrected chi connectivity index (χ1v) is 8.49. The highest BCUT2D eigenvalue weighted by molar-refractivity contribution is 7.98. The zero-order chi connectivity index (χ0) is 14.7. The fourth-order valence-electron chi connectivity index (χ4n) is 2.94. The van der Waals surface area contributed by atoms with E-state index >= 15 is 0 Å². The van der Waals surface area contributed by atoms with Crippen LogP contribution in [0.2, 0.25) is 0 Å². The van der Waals surface area contributed by atoms with E-state index in [0.717, 1.165) is 17.3 Å². The molecule has 1 heterocycles. The monoisotopic (exact) mass is 299 g/mol. The van der Waals surface area contributed by atoms with Gasteiger partial charge in [-0.2, -0.15) is 11.8 Å². The van der Waals surface area contributed by atoms with Crippen molar-refractivity contribution in [2.75, 3.05) is 12.9 Å². The number of thioether (sulfide) groups is 1. The van der Waals surface area contributed by atoms with Gasteiger partial charge in [0.25, 0.3) is 0 Å². The van der Waals surface area contributed by atoms with E-state index in [1.807, 2.05) is 23.9 Å². The van der Waals surface area contributed by atoms with Gasteiger partial charge in [-0.15, -0.1) is 0 Å².